The molecule has 88 valence electrons. The molecule has 1 aromatic carbocycles. The summed E-state index contributed by atoms with van der Waals surface area (Å²) >= 11 is 0. The molecule has 1 heterocycles. The van der Waals surface area contributed by atoms with E-state index in [2.05, 4.69) is 0 Å². The number of rotatable bonds is 1. The molecule has 1 aliphatic rings. The molecule has 6 heteroatoms. The summed E-state index contributed by atoms with van der Waals surface area (Å²) in [6.45, 7) is 0. The lowest BCUT2D eigenvalue weighted by Gasteiger charge is -1.98. The van der Waals surface area contributed by atoms with Gasteiger partial charge in [-0.05, 0) is 12.1 Å². The number of carbonyl (C=O) groups excluding carboxylic acids is 2. The molecule has 0 atom stereocenters. The second kappa shape index (κ2) is 5.57. The van der Waals surface area contributed by atoms with Gasteiger partial charge in [-0.15, -0.1) is 5.06 Å². The third-order valence-electron chi connectivity index (χ3n) is 1.81. The Morgan fingerprint density at radius 2 is 1.47 bits per heavy atom. The van der Waals surface area contributed by atoms with E-state index >= 15 is 0 Å². The van der Waals surface area contributed by atoms with Gasteiger partial charge in [0.2, 0.25) is 0 Å². The Bertz CT molecular complexity index is 448. The monoisotopic (exact) mass is 235 g/mol. The Kier molecular flexibility index (Phi) is 4.13. The Hall–Kier alpha value is -2.47. The van der Waals surface area contributed by atoms with Crippen LogP contribution >= 0.6 is 0 Å². The first-order valence-electron chi connectivity index (χ1n) is 4.55. The highest BCUT2D eigenvalue weighted by atomic mass is 16.5. The standard InChI is InChI=1S/C7H6O2.C4H3NO3/c8-7(9)6-4-2-1-3-5-6;6-3-1-2-4(7)5(3)8/h1-5H,(H,8,9);1-2,8H. The van der Waals surface area contributed by atoms with Crippen molar-refractivity contribution >= 4 is 17.8 Å². The van der Waals surface area contributed by atoms with Crippen LogP contribution in [0.15, 0.2) is 42.5 Å². The van der Waals surface area contributed by atoms with Crippen molar-refractivity contribution in [2.24, 2.45) is 0 Å². The van der Waals surface area contributed by atoms with E-state index in [1.54, 1.807) is 30.3 Å². The van der Waals surface area contributed by atoms with Gasteiger partial charge in [-0.25, -0.2) is 4.79 Å². The molecule has 0 aliphatic carbocycles. The number of hydrogen-bond donors (Lipinski definition) is 2. The van der Waals surface area contributed by atoms with Gasteiger partial charge >= 0.3 is 5.97 Å². The molecule has 17 heavy (non-hydrogen) atoms. The maximum Gasteiger partial charge on any atom is 0.335 e. The highest BCUT2D eigenvalue weighted by Gasteiger charge is 2.20. The normalized spacial score (nSPS) is 13.4. The first-order valence-corrected chi connectivity index (χ1v) is 4.55. The van der Waals surface area contributed by atoms with Gasteiger partial charge in [0.05, 0.1) is 5.56 Å². The molecule has 0 fully saturated rings. The summed E-state index contributed by atoms with van der Waals surface area (Å²) < 4.78 is 0. The largest absolute Gasteiger partial charge is 0.478 e. The number of amides is 2. The molecule has 0 bridgehead atoms. The predicted octanol–water partition coefficient (Wildman–Crippen LogP) is 0.685. The average molecular weight is 235 g/mol. The number of hydrogen-bond acceptors (Lipinski definition) is 4. The van der Waals surface area contributed by atoms with Crippen LogP contribution in [-0.2, 0) is 9.59 Å². The molecule has 6 nitrogen and oxygen atoms in total. The third-order valence-corrected chi connectivity index (χ3v) is 1.81. The summed E-state index contributed by atoms with van der Waals surface area (Å²) in [4.78, 5) is 30.5. The van der Waals surface area contributed by atoms with Crippen molar-refractivity contribution in [3.63, 3.8) is 0 Å². The lowest BCUT2D eigenvalue weighted by molar-refractivity contribution is -0.169. The summed E-state index contributed by atoms with van der Waals surface area (Å²) in [5, 5.41) is 16.8. The number of nitrogens with zero attached hydrogens (tertiary/aromatic N) is 1. The number of benzene rings is 1. The minimum absolute atomic E-state index is 0.0556. The van der Waals surface area contributed by atoms with Crippen LogP contribution in [0, 0.1) is 0 Å². The lowest BCUT2D eigenvalue weighted by Crippen LogP contribution is -2.25. The molecule has 0 unspecified atom stereocenters. The van der Waals surface area contributed by atoms with Crippen LogP contribution in [0.25, 0.3) is 0 Å². The maximum absolute atomic E-state index is 10.2. The van der Waals surface area contributed by atoms with Crippen molar-refractivity contribution in [2.45, 2.75) is 0 Å². The number of imide groups is 1. The molecule has 2 N–H and O–H groups in total. The van der Waals surface area contributed by atoms with Crippen LogP contribution in [0.3, 0.4) is 0 Å². The fraction of sp³-hybridized carbons (Fsp3) is 0. The minimum atomic E-state index is -0.879. The fourth-order valence-electron chi connectivity index (χ4n) is 0.973. The quantitative estimate of drug-likeness (QED) is 0.551. The molecular formula is C11H9NO5. The molecule has 2 amide bonds. The maximum atomic E-state index is 10.2. The van der Waals surface area contributed by atoms with Crippen molar-refractivity contribution < 1.29 is 24.7 Å². The van der Waals surface area contributed by atoms with Crippen LogP contribution in [0.1, 0.15) is 10.4 Å². The van der Waals surface area contributed by atoms with E-state index in [-0.39, 0.29) is 5.06 Å². The van der Waals surface area contributed by atoms with E-state index in [0.29, 0.717) is 5.56 Å². The van der Waals surface area contributed by atoms with Gasteiger partial charge < -0.3 is 5.11 Å². The SMILES string of the molecule is O=C(O)c1ccccc1.O=C1C=CC(=O)N1O. The van der Waals surface area contributed by atoms with Gasteiger partial charge in [0.1, 0.15) is 0 Å². The molecule has 1 aromatic rings. The Morgan fingerprint density at radius 1 is 1.00 bits per heavy atom. The molecule has 0 saturated heterocycles. The number of hydroxylamine groups is 2. The van der Waals surface area contributed by atoms with E-state index in [0.717, 1.165) is 12.2 Å². The van der Waals surface area contributed by atoms with Gasteiger partial charge in [0, 0.05) is 12.2 Å². The summed E-state index contributed by atoms with van der Waals surface area (Å²) in [6, 6.07) is 8.30. The molecule has 0 saturated carbocycles. The number of carboxylic acid groups (broad SMARTS) is 1. The zero-order chi connectivity index (χ0) is 12.8. The van der Waals surface area contributed by atoms with Crippen molar-refractivity contribution in [3.05, 3.63) is 48.0 Å². The van der Waals surface area contributed by atoms with Crippen molar-refractivity contribution in [3.8, 4) is 0 Å². The van der Waals surface area contributed by atoms with Gasteiger partial charge in [0.25, 0.3) is 11.8 Å². The van der Waals surface area contributed by atoms with Crippen molar-refractivity contribution in [2.75, 3.05) is 0 Å². The van der Waals surface area contributed by atoms with Crippen molar-refractivity contribution in [1.82, 2.24) is 5.06 Å². The lowest BCUT2D eigenvalue weighted by atomic mass is 10.2. The van der Waals surface area contributed by atoms with Gasteiger partial charge in [0.15, 0.2) is 0 Å². The fourth-order valence-corrected chi connectivity index (χ4v) is 0.973. The molecular weight excluding hydrogens is 226 g/mol. The Balaban J connectivity index is 0.000000171. The summed E-state index contributed by atoms with van der Waals surface area (Å²) in [5.41, 5.74) is 0.331. The molecule has 0 radical (unpaired) electrons. The zero-order valence-corrected chi connectivity index (χ0v) is 8.61. The second-order valence-corrected chi connectivity index (χ2v) is 2.99. The van der Waals surface area contributed by atoms with E-state index in [9.17, 15) is 14.4 Å². The highest BCUT2D eigenvalue weighted by molar-refractivity contribution is 6.11. The average Bonchev–Trinajstić information content (AvgIpc) is 2.62. The Labute approximate surface area is 96.4 Å². The number of carbonyl (C=O) groups is 3. The zero-order valence-electron chi connectivity index (χ0n) is 8.61. The summed E-state index contributed by atoms with van der Waals surface area (Å²) in [5.74, 6) is -2.25. The second-order valence-electron chi connectivity index (χ2n) is 2.99. The molecule has 0 aromatic heterocycles. The van der Waals surface area contributed by atoms with Crippen LogP contribution in [0.2, 0.25) is 0 Å². The van der Waals surface area contributed by atoms with E-state index in [1.807, 2.05) is 0 Å². The minimum Gasteiger partial charge on any atom is -0.478 e. The summed E-state index contributed by atoms with van der Waals surface area (Å²) in [7, 11) is 0. The molecule has 1 aliphatic heterocycles. The first kappa shape index (κ1) is 12.6. The summed E-state index contributed by atoms with van der Waals surface area (Å²) in [6.07, 6.45) is 2.00. The smallest absolute Gasteiger partial charge is 0.335 e. The van der Waals surface area contributed by atoms with Crippen LogP contribution < -0.4 is 0 Å². The van der Waals surface area contributed by atoms with Gasteiger partial charge in [-0.2, -0.15) is 0 Å². The van der Waals surface area contributed by atoms with E-state index < -0.39 is 17.8 Å². The van der Waals surface area contributed by atoms with Gasteiger partial charge in [-0.3, -0.25) is 14.8 Å². The third kappa shape index (κ3) is 3.54. The molecule has 2 rings (SSSR count). The number of aromatic carboxylic acids is 1. The molecule has 0 spiro atoms. The van der Waals surface area contributed by atoms with Gasteiger partial charge in [-0.1, -0.05) is 18.2 Å². The van der Waals surface area contributed by atoms with Crippen molar-refractivity contribution in [1.29, 1.82) is 0 Å². The van der Waals surface area contributed by atoms with Crippen LogP contribution in [0.5, 0.6) is 0 Å². The van der Waals surface area contributed by atoms with E-state index in [1.165, 1.54) is 0 Å². The van der Waals surface area contributed by atoms with Crippen LogP contribution in [0.4, 0.5) is 0 Å². The first-order chi connectivity index (χ1) is 8.02. The number of carboxylic acids is 1. The topological polar surface area (TPSA) is 94.9 Å². The predicted molar refractivity (Wildman–Crippen MR) is 56.2 cm³/mol. The van der Waals surface area contributed by atoms with E-state index in [4.69, 9.17) is 10.3 Å². The Morgan fingerprint density at radius 3 is 1.71 bits per heavy atom. The highest BCUT2D eigenvalue weighted by Crippen LogP contribution is 1.97. The van der Waals surface area contributed by atoms with Crippen LogP contribution in [-0.4, -0.2) is 33.2 Å².